The lowest BCUT2D eigenvalue weighted by Crippen LogP contribution is -2.32. The van der Waals surface area contributed by atoms with E-state index in [-0.39, 0.29) is 11.9 Å². The van der Waals surface area contributed by atoms with Crippen LogP contribution >= 0.6 is 11.6 Å². The van der Waals surface area contributed by atoms with Gasteiger partial charge in [0.15, 0.2) is 0 Å². The third kappa shape index (κ3) is 12.4. The Morgan fingerprint density at radius 1 is 1.00 bits per heavy atom. The Bertz CT molecular complexity index is 1610. The number of benzene rings is 1. The van der Waals surface area contributed by atoms with Crippen LogP contribution in [0.2, 0.25) is 5.02 Å². The van der Waals surface area contributed by atoms with E-state index >= 15 is 0 Å². The second-order valence-electron chi connectivity index (χ2n) is 11.7. The number of aromatic amines is 1. The minimum absolute atomic E-state index is 0.201. The van der Waals surface area contributed by atoms with E-state index in [1.165, 1.54) is 29.4 Å². The lowest BCUT2D eigenvalue weighted by Gasteiger charge is -2.34. The summed E-state index contributed by atoms with van der Waals surface area (Å²) in [4.78, 5) is 32.5. The van der Waals surface area contributed by atoms with Crippen molar-refractivity contribution in [1.29, 1.82) is 0 Å². The molecule has 0 fully saturated rings. The quantitative estimate of drug-likeness (QED) is 0.152. The normalized spacial score (nSPS) is 13.7. The van der Waals surface area contributed by atoms with Gasteiger partial charge in [-0.3, -0.25) is 19.7 Å². The molecule has 0 saturated heterocycles. The second-order valence-corrected chi connectivity index (χ2v) is 12.1. The van der Waals surface area contributed by atoms with Gasteiger partial charge in [0.1, 0.15) is 5.82 Å². The summed E-state index contributed by atoms with van der Waals surface area (Å²) in [5, 5.41) is 3.35. The molecule has 0 spiro atoms. The van der Waals surface area contributed by atoms with Gasteiger partial charge in [-0.05, 0) is 73.4 Å². The number of aromatic nitrogens is 4. The van der Waals surface area contributed by atoms with Crippen molar-refractivity contribution in [2.75, 3.05) is 0 Å². The summed E-state index contributed by atoms with van der Waals surface area (Å²) < 4.78 is 0. The molecule has 0 aliphatic heterocycles. The first-order valence-electron chi connectivity index (χ1n) is 18.4. The van der Waals surface area contributed by atoms with Crippen LogP contribution in [-0.4, -0.2) is 30.7 Å². The van der Waals surface area contributed by atoms with E-state index in [2.05, 4.69) is 89.5 Å². The number of H-pyrrole nitrogens is 1. The zero-order valence-corrected chi connectivity index (χ0v) is 32.6. The average molecular weight is 699 g/mol. The number of pyridine rings is 2. The number of hydrogen-bond donors (Lipinski definition) is 2. The minimum Gasteiger partial charge on any atom is -0.348 e. The molecule has 1 aromatic carbocycles. The van der Waals surface area contributed by atoms with Crippen LogP contribution in [0.4, 0.5) is 0 Å². The Kier molecular flexibility index (Phi) is 19.7. The topological polar surface area (TPSA) is 86.8 Å². The summed E-state index contributed by atoms with van der Waals surface area (Å²) in [7, 11) is 0. The molecule has 0 bridgehead atoms. The molecule has 0 saturated carbocycles. The summed E-state index contributed by atoms with van der Waals surface area (Å²) in [6.45, 7) is 20.1. The van der Waals surface area contributed by atoms with Crippen molar-refractivity contribution in [3.8, 4) is 0 Å². The number of hydrogen-bond acceptors (Lipinski definition) is 5. The number of rotatable bonds is 11. The Morgan fingerprint density at radius 3 is 2.36 bits per heavy atom. The molecule has 4 aromatic rings. The zero-order chi connectivity index (χ0) is 36.9. The van der Waals surface area contributed by atoms with Gasteiger partial charge in [-0.15, -0.1) is 0 Å². The molecule has 3 heterocycles. The van der Waals surface area contributed by atoms with Crippen molar-refractivity contribution in [3.05, 3.63) is 129 Å². The number of aryl methyl sites for hydroxylation is 2. The van der Waals surface area contributed by atoms with Crippen LogP contribution in [0.1, 0.15) is 137 Å². The Labute approximate surface area is 306 Å². The van der Waals surface area contributed by atoms with E-state index in [9.17, 15) is 4.79 Å². The van der Waals surface area contributed by atoms with Gasteiger partial charge in [-0.1, -0.05) is 115 Å². The van der Waals surface area contributed by atoms with Gasteiger partial charge in [0, 0.05) is 31.7 Å². The van der Waals surface area contributed by atoms with Crippen LogP contribution < -0.4 is 5.32 Å². The van der Waals surface area contributed by atoms with Crippen LogP contribution in [0.25, 0.3) is 5.57 Å². The number of nitrogens with zero attached hydrogens (tertiary/aromatic N) is 4. The van der Waals surface area contributed by atoms with Crippen LogP contribution in [0.3, 0.4) is 0 Å². The highest BCUT2D eigenvalue weighted by Gasteiger charge is 2.28. The first kappa shape index (κ1) is 42.1. The summed E-state index contributed by atoms with van der Waals surface area (Å²) in [5.41, 5.74) is 8.13. The number of carbonyl (C=O) groups is 1. The van der Waals surface area contributed by atoms with E-state index < -0.39 is 0 Å². The van der Waals surface area contributed by atoms with Crippen molar-refractivity contribution < 1.29 is 4.79 Å². The van der Waals surface area contributed by atoms with Gasteiger partial charge < -0.3 is 10.3 Å². The van der Waals surface area contributed by atoms with E-state index in [1.807, 2.05) is 60.0 Å². The molecule has 50 heavy (non-hydrogen) atoms. The zero-order valence-electron chi connectivity index (χ0n) is 31.8. The maximum Gasteiger partial charge on any atom is 0.253 e. The first-order valence-corrected chi connectivity index (χ1v) is 18.8. The fraction of sp³-hybridized carbons (Fsp3) is 0.429. The number of fused-ring (bicyclic) bond motifs is 1. The maximum absolute atomic E-state index is 12.8. The Morgan fingerprint density at radius 2 is 1.70 bits per heavy atom. The summed E-state index contributed by atoms with van der Waals surface area (Å²) in [6.07, 6.45) is 18.8. The third-order valence-corrected chi connectivity index (χ3v) is 8.13. The van der Waals surface area contributed by atoms with Gasteiger partial charge in [0.25, 0.3) is 5.91 Å². The van der Waals surface area contributed by atoms with E-state index in [0.29, 0.717) is 23.7 Å². The number of carbonyl (C=O) groups excluding carboxylic acids is 1. The highest BCUT2D eigenvalue weighted by atomic mass is 35.5. The maximum atomic E-state index is 12.8. The fourth-order valence-electron chi connectivity index (χ4n) is 5.75. The molecule has 1 unspecified atom stereocenters. The molecule has 1 aliphatic carbocycles. The Hall–Kier alpha value is -4.07. The molecule has 1 amide bonds. The van der Waals surface area contributed by atoms with Crippen molar-refractivity contribution in [3.63, 3.8) is 0 Å². The van der Waals surface area contributed by atoms with Gasteiger partial charge in [-0.2, -0.15) is 0 Å². The van der Waals surface area contributed by atoms with E-state index in [0.717, 1.165) is 60.4 Å². The van der Waals surface area contributed by atoms with Crippen molar-refractivity contribution in [2.24, 2.45) is 0 Å². The molecule has 1 aliphatic rings. The molecular formula is C42H59ClN6O. The summed E-state index contributed by atoms with van der Waals surface area (Å²) in [6, 6.07) is 12.9. The van der Waals surface area contributed by atoms with Gasteiger partial charge in [0.2, 0.25) is 0 Å². The molecule has 1 atom stereocenters. The molecule has 8 heteroatoms. The van der Waals surface area contributed by atoms with Crippen LogP contribution in [0.15, 0.2) is 79.4 Å². The van der Waals surface area contributed by atoms with E-state index in [1.54, 1.807) is 6.20 Å². The number of amides is 1. The monoisotopic (exact) mass is 698 g/mol. The van der Waals surface area contributed by atoms with Crippen LogP contribution in [0.5, 0.6) is 0 Å². The fourth-order valence-corrected chi connectivity index (χ4v) is 6.04. The Balaban J connectivity index is 0.00000116. The number of allylic oxidation sites excluding steroid dienone is 4. The van der Waals surface area contributed by atoms with Crippen molar-refractivity contribution in [1.82, 2.24) is 30.2 Å². The third-order valence-electron chi connectivity index (χ3n) is 7.85. The predicted molar refractivity (Wildman–Crippen MR) is 211 cm³/mol. The minimum atomic E-state index is -0.201. The highest BCUT2D eigenvalue weighted by Crippen LogP contribution is 2.34. The molecule has 7 nitrogen and oxygen atoms in total. The molecule has 0 radical (unpaired) electrons. The van der Waals surface area contributed by atoms with Gasteiger partial charge >= 0.3 is 0 Å². The van der Waals surface area contributed by atoms with Crippen LogP contribution in [0, 0.1) is 6.92 Å². The van der Waals surface area contributed by atoms with Gasteiger partial charge in [-0.25, -0.2) is 4.98 Å². The summed E-state index contributed by atoms with van der Waals surface area (Å²) >= 11 is 6.23. The lowest BCUT2D eigenvalue weighted by atomic mass is 9.90. The summed E-state index contributed by atoms with van der Waals surface area (Å²) in [5.74, 6) is 0.738. The largest absolute Gasteiger partial charge is 0.348 e. The number of imidazole rings is 1. The molecule has 5 rings (SSSR count). The SMILES string of the molecule is C/C=C\C(=C/CC)c1cnc(CN(Cc2ccc(CNC(=O)c3c(C)cncc3Cl)cc2)C2CCCc3cccnc32)[nH]1.CC.CC.CCC. The standard InChI is InChI=1S/C35H39ClN6O.C3H8.2C2H6/c1-4-8-27(9-5-2)30-21-39-32(41-30)23-42(31-12-6-10-28-11-7-17-38-34(28)31)22-26-15-13-25(14-16-26)19-40-35(43)33-24(3)18-37-20-29(33)36;1-3-2;2*1-2/h4,7-9,11,13-18,20-21,31H,5-6,10,12,19,22-23H2,1-3H3,(H,39,41)(H,40,43);3H2,1-2H3;2*1-2H3/b8-4-,27-9+;;;. The smallest absolute Gasteiger partial charge is 0.253 e. The van der Waals surface area contributed by atoms with E-state index in [4.69, 9.17) is 21.6 Å². The highest BCUT2D eigenvalue weighted by molar-refractivity contribution is 6.33. The second kappa shape index (κ2) is 23.4. The molecular weight excluding hydrogens is 640 g/mol. The predicted octanol–water partition coefficient (Wildman–Crippen LogP) is 11.0. The van der Waals surface area contributed by atoms with Gasteiger partial charge in [0.05, 0.1) is 40.8 Å². The molecule has 3 aromatic heterocycles. The first-order chi connectivity index (χ1) is 24.4. The van der Waals surface area contributed by atoms with Crippen LogP contribution in [-0.2, 0) is 26.1 Å². The number of halogens is 1. The number of nitrogens with one attached hydrogen (secondary N) is 2. The molecule has 2 N–H and O–H groups in total. The van der Waals surface area contributed by atoms with Crippen molar-refractivity contribution >= 4 is 23.1 Å². The lowest BCUT2D eigenvalue weighted by molar-refractivity contribution is 0.0950. The average Bonchev–Trinajstić information content (AvgIpc) is 3.61. The van der Waals surface area contributed by atoms with Crippen molar-refractivity contribution in [2.45, 2.75) is 120 Å². The molecule has 270 valence electrons.